The number of amides is 2. The van der Waals surface area contributed by atoms with Gasteiger partial charge in [-0.05, 0) is 55.4 Å². The first-order chi connectivity index (χ1) is 15.1. The highest BCUT2D eigenvalue weighted by molar-refractivity contribution is 8.18. The van der Waals surface area contributed by atoms with Gasteiger partial charge >= 0.3 is 5.69 Å². The minimum atomic E-state index is -0.784. The molecule has 0 radical (unpaired) electrons. The van der Waals surface area contributed by atoms with Crippen LogP contribution in [0, 0.1) is 20.2 Å². The first-order valence-electron chi connectivity index (χ1n) is 9.18. The van der Waals surface area contributed by atoms with Crippen molar-refractivity contribution in [3.8, 4) is 17.2 Å². The van der Waals surface area contributed by atoms with Crippen LogP contribution in [-0.2, 0) is 4.79 Å². The average molecular weight is 459 g/mol. The monoisotopic (exact) mass is 459 g/mol. The standard InChI is InChI=1S/C20H17N3O8S/c1-11(2)21-19(24)18(32-20(21)25)9-12-4-6-16(17(8-12)30-3)31-15-7-5-13(22(26)27)10-14(15)23(28)29/h4-11H,1-3H3. The summed E-state index contributed by atoms with van der Waals surface area (Å²) in [5.41, 5.74) is -0.476. The zero-order valence-corrected chi connectivity index (χ0v) is 18.0. The molecular formula is C20H17N3O8S. The molecule has 0 unspecified atom stereocenters. The van der Waals surface area contributed by atoms with Crippen molar-refractivity contribution in [3.63, 3.8) is 0 Å². The number of thioether (sulfide) groups is 1. The van der Waals surface area contributed by atoms with Gasteiger partial charge in [0.25, 0.3) is 16.8 Å². The van der Waals surface area contributed by atoms with E-state index in [1.54, 1.807) is 19.9 Å². The number of carbonyl (C=O) groups excluding carboxylic acids is 2. The number of carbonyl (C=O) groups is 2. The van der Waals surface area contributed by atoms with Crippen LogP contribution in [0.5, 0.6) is 17.2 Å². The van der Waals surface area contributed by atoms with Gasteiger partial charge in [-0.25, -0.2) is 0 Å². The Morgan fingerprint density at radius 2 is 1.69 bits per heavy atom. The molecule has 1 saturated heterocycles. The summed E-state index contributed by atoms with van der Waals surface area (Å²) in [7, 11) is 1.36. The Bertz CT molecular complexity index is 1160. The fourth-order valence-electron chi connectivity index (χ4n) is 2.90. The molecule has 1 aliphatic rings. The van der Waals surface area contributed by atoms with E-state index in [2.05, 4.69) is 0 Å². The number of methoxy groups -OCH3 is 1. The molecule has 1 heterocycles. The van der Waals surface area contributed by atoms with Gasteiger partial charge in [-0.2, -0.15) is 0 Å². The Hall–Kier alpha value is -3.93. The molecule has 0 saturated carbocycles. The molecule has 0 N–H and O–H groups in total. The van der Waals surface area contributed by atoms with Crippen LogP contribution in [0.25, 0.3) is 6.08 Å². The van der Waals surface area contributed by atoms with Crippen molar-refractivity contribution in [2.24, 2.45) is 0 Å². The molecule has 0 bridgehead atoms. The molecular weight excluding hydrogens is 442 g/mol. The van der Waals surface area contributed by atoms with E-state index in [1.165, 1.54) is 30.2 Å². The van der Waals surface area contributed by atoms with Gasteiger partial charge in [0.05, 0.1) is 27.9 Å². The normalized spacial score (nSPS) is 14.9. The van der Waals surface area contributed by atoms with Crippen molar-refractivity contribution in [3.05, 3.63) is 67.1 Å². The van der Waals surface area contributed by atoms with Crippen molar-refractivity contribution in [1.82, 2.24) is 4.90 Å². The van der Waals surface area contributed by atoms with Gasteiger partial charge in [-0.3, -0.25) is 34.7 Å². The molecule has 2 aromatic carbocycles. The van der Waals surface area contributed by atoms with E-state index in [0.29, 0.717) is 5.56 Å². The molecule has 0 aromatic heterocycles. The molecule has 1 fully saturated rings. The van der Waals surface area contributed by atoms with Crippen LogP contribution in [0.2, 0.25) is 0 Å². The largest absolute Gasteiger partial charge is 0.493 e. The number of rotatable bonds is 7. The number of nitro benzene ring substituents is 2. The predicted molar refractivity (Wildman–Crippen MR) is 116 cm³/mol. The van der Waals surface area contributed by atoms with E-state index in [1.807, 2.05) is 0 Å². The fourth-order valence-corrected chi connectivity index (χ4v) is 3.86. The highest BCUT2D eigenvalue weighted by Crippen LogP contribution is 2.39. The van der Waals surface area contributed by atoms with Gasteiger partial charge < -0.3 is 9.47 Å². The summed E-state index contributed by atoms with van der Waals surface area (Å²) in [6, 6.07) is 7.36. The van der Waals surface area contributed by atoms with Gasteiger partial charge in [0.2, 0.25) is 5.75 Å². The highest BCUT2D eigenvalue weighted by Gasteiger charge is 2.36. The molecule has 2 aromatic rings. The molecule has 1 aliphatic heterocycles. The summed E-state index contributed by atoms with van der Waals surface area (Å²) < 4.78 is 10.9. The van der Waals surface area contributed by atoms with Crippen LogP contribution in [0.1, 0.15) is 19.4 Å². The predicted octanol–water partition coefficient (Wildman–Crippen LogP) is 4.75. The highest BCUT2D eigenvalue weighted by atomic mass is 32.2. The lowest BCUT2D eigenvalue weighted by Gasteiger charge is -2.16. The zero-order chi connectivity index (χ0) is 23.6. The molecule has 166 valence electrons. The zero-order valence-electron chi connectivity index (χ0n) is 17.1. The van der Waals surface area contributed by atoms with Crippen LogP contribution in [0.3, 0.4) is 0 Å². The van der Waals surface area contributed by atoms with E-state index in [-0.39, 0.29) is 33.4 Å². The topological polar surface area (TPSA) is 142 Å². The Kier molecular flexibility index (Phi) is 6.44. The van der Waals surface area contributed by atoms with E-state index >= 15 is 0 Å². The van der Waals surface area contributed by atoms with Crippen molar-refractivity contribution < 1.29 is 28.9 Å². The third kappa shape index (κ3) is 4.54. The van der Waals surface area contributed by atoms with Crippen LogP contribution in [0.4, 0.5) is 16.2 Å². The molecule has 0 atom stereocenters. The number of nitrogens with zero attached hydrogens (tertiary/aromatic N) is 3. The van der Waals surface area contributed by atoms with E-state index in [9.17, 15) is 29.8 Å². The molecule has 0 aliphatic carbocycles. The van der Waals surface area contributed by atoms with Crippen molar-refractivity contribution in [2.45, 2.75) is 19.9 Å². The molecule has 11 nitrogen and oxygen atoms in total. The third-order valence-electron chi connectivity index (χ3n) is 4.40. The van der Waals surface area contributed by atoms with E-state index < -0.39 is 27.1 Å². The lowest BCUT2D eigenvalue weighted by molar-refractivity contribution is -0.394. The minimum Gasteiger partial charge on any atom is -0.493 e. The number of hydrogen-bond acceptors (Lipinski definition) is 9. The van der Waals surface area contributed by atoms with Gasteiger partial charge in [0.15, 0.2) is 11.5 Å². The van der Waals surface area contributed by atoms with Crippen molar-refractivity contribution >= 4 is 40.4 Å². The van der Waals surface area contributed by atoms with Gasteiger partial charge in [-0.1, -0.05) is 6.07 Å². The summed E-state index contributed by atoms with van der Waals surface area (Å²) in [5.74, 6) is -0.271. The number of non-ortho nitro benzene ring substituents is 1. The Morgan fingerprint density at radius 3 is 2.25 bits per heavy atom. The summed E-state index contributed by atoms with van der Waals surface area (Å²) in [6.07, 6.45) is 1.54. The Balaban J connectivity index is 1.92. The third-order valence-corrected chi connectivity index (χ3v) is 5.28. The SMILES string of the molecule is COc1cc(C=C2SC(=O)N(C(C)C)C2=O)ccc1Oc1ccc([N+](=O)[O-])cc1[N+](=O)[O-]. The maximum absolute atomic E-state index is 12.4. The first kappa shape index (κ1) is 22.7. The van der Waals surface area contributed by atoms with Crippen LogP contribution < -0.4 is 9.47 Å². The lowest BCUT2D eigenvalue weighted by Crippen LogP contribution is -2.34. The average Bonchev–Trinajstić information content (AvgIpc) is 3.01. The summed E-state index contributed by atoms with van der Waals surface area (Å²) >= 11 is 0.831. The quantitative estimate of drug-likeness (QED) is 0.325. The van der Waals surface area contributed by atoms with Crippen LogP contribution in [0.15, 0.2) is 41.3 Å². The Morgan fingerprint density at radius 1 is 1.00 bits per heavy atom. The van der Waals surface area contributed by atoms with Crippen molar-refractivity contribution in [1.29, 1.82) is 0 Å². The number of ether oxygens (including phenoxy) is 2. The van der Waals surface area contributed by atoms with Gasteiger partial charge in [0, 0.05) is 12.1 Å². The van der Waals surface area contributed by atoms with E-state index in [0.717, 1.165) is 30.0 Å². The molecule has 2 amide bonds. The van der Waals surface area contributed by atoms with Gasteiger partial charge in [-0.15, -0.1) is 0 Å². The lowest BCUT2D eigenvalue weighted by atomic mass is 10.1. The maximum Gasteiger partial charge on any atom is 0.318 e. The summed E-state index contributed by atoms with van der Waals surface area (Å²) in [6.45, 7) is 3.48. The molecule has 0 spiro atoms. The summed E-state index contributed by atoms with van der Waals surface area (Å²) in [5, 5.41) is 21.9. The maximum atomic E-state index is 12.4. The minimum absolute atomic E-state index is 0.122. The van der Waals surface area contributed by atoms with E-state index in [4.69, 9.17) is 9.47 Å². The van der Waals surface area contributed by atoms with Crippen molar-refractivity contribution in [2.75, 3.05) is 7.11 Å². The first-order valence-corrected chi connectivity index (χ1v) is 9.99. The fraction of sp³-hybridized carbons (Fsp3) is 0.200. The second-order valence-electron chi connectivity index (χ2n) is 6.82. The van der Waals surface area contributed by atoms with Crippen LogP contribution >= 0.6 is 11.8 Å². The summed E-state index contributed by atoms with van der Waals surface area (Å²) in [4.78, 5) is 46.6. The van der Waals surface area contributed by atoms with Gasteiger partial charge in [0.1, 0.15) is 0 Å². The number of imide groups is 1. The Labute approximate surface area is 185 Å². The molecule has 32 heavy (non-hydrogen) atoms. The number of benzene rings is 2. The van der Waals surface area contributed by atoms with Crippen LogP contribution in [-0.4, -0.2) is 39.0 Å². The molecule has 12 heteroatoms. The number of hydrogen-bond donors (Lipinski definition) is 0. The smallest absolute Gasteiger partial charge is 0.318 e. The molecule has 3 rings (SSSR count). The second-order valence-corrected chi connectivity index (χ2v) is 7.82. The number of nitro groups is 2. The second kappa shape index (κ2) is 9.06.